The van der Waals surface area contributed by atoms with Gasteiger partial charge in [0.1, 0.15) is 0 Å². The van der Waals surface area contributed by atoms with Crippen molar-refractivity contribution in [3.63, 3.8) is 0 Å². The Labute approximate surface area is 187 Å². The van der Waals surface area contributed by atoms with Gasteiger partial charge in [0.05, 0.1) is 25.5 Å². The van der Waals surface area contributed by atoms with Gasteiger partial charge in [0.2, 0.25) is 5.91 Å². The maximum atomic E-state index is 12.3. The van der Waals surface area contributed by atoms with Crippen LogP contribution >= 0.6 is 0 Å². The van der Waals surface area contributed by atoms with Crippen molar-refractivity contribution in [2.45, 2.75) is 26.7 Å². The Balaban J connectivity index is 1.50. The lowest BCUT2D eigenvalue weighted by Gasteiger charge is -2.11. The van der Waals surface area contributed by atoms with Crippen LogP contribution in [-0.4, -0.2) is 41.5 Å². The van der Waals surface area contributed by atoms with Gasteiger partial charge in [-0.15, -0.1) is 0 Å². The van der Waals surface area contributed by atoms with Crippen molar-refractivity contribution in [1.82, 2.24) is 9.78 Å². The third kappa shape index (κ3) is 6.34. The number of carbonyl (C=O) groups excluding carboxylic acids is 2. The molecule has 2 aromatic carbocycles. The molecule has 1 aromatic heterocycles. The molecule has 1 amide bonds. The van der Waals surface area contributed by atoms with Crippen LogP contribution in [0.4, 0.5) is 5.69 Å². The molecule has 32 heavy (non-hydrogen) atoms. The van der Waals surface area contributed by atoms with E-state index in [4.69, 9.17) is 14.2 Å². The van der Waals surface area contributed by atoms with Crippen molar-refractivity contribution in [2.24, 2.45) is 0 Å². The van der Waals surface area contributed by atoms with Gasteiger partial charge in [-0.25, -0.2) is 9.48 Å². The minimum Gasteiger partial charge on any atom is -0.490 e. The van der Waals surface area contributed by atoms with Crippen LogP contribution in [0, 0.1) is 0 Å². The maximum absolute atomic E-state index is 12.3. The van der Waals surface area contributed by atoms with Crippen LogP contribution in [-0.2, 0) is 9.53 Å². The summed E-state index contributed by atoms with van der Waals surface area (Å²) in [6.07, 6.45) is 2.55. The molecule has 0 saturated carbocycles. The van der Waals surface area contributed by atoms with E-state index in [1.165, 1.54) is 0 Å². The monoisotopic (exact) mass is 437 g/mol. The number of ether oxygens (including phenoxy) is 3. The minimum absolute atomic E-state index is 0.114. The van der Waals surface area contributed by atoms with Gasteiger partial charge < -0.3 is 19.5 Å². The zero-order valence-electron chi connectivity index (χ0n) is 18.2. The van der Waals surface area contributed by atoms with Gasteiger partial charge in [-0.1, -0.05) is 18.2 Å². The molecule has 0 fully saturated rings. The number of para-hydroxylation sites is 2. The molecule has 0 aliphatic carbocycles. The minimum atomic E-state index is -0.471. The number of nitrogens with zero attached hydrogens (tertiary/aromatic N) is 2. The van der Waals surface area contributed by atoms with Crippen LogP contribution in [0.25, 0.3) is 5.69 Å². The predicted octanol–water partition coefficient (Wildman–Crippen LogP) is 4.25. The van der Waals surface area contributed by atoms with E-state index >= 15 is 0 Å². The topological polar surface area (TPSA) is 91.7 Å². The first-order valence-electron chi connectivity index (χ1n) is 10.6. The van der Waals surface area contributed by atoms with Crippen LogP contribution in [0.5, 0.6) is 11.5 Å². The van der Waals surface area contributed by atoms with Gasteiger partial charge in [0, 0.05) is 18.3 Å². The second-order valence-corrected chi connectivity index (χ2v) is 6.80. The molecule has 0 spiro atoms. The number of aromatic nitrogens is 2. The van der Waals surface area contributed by atoms with Crippen molar-refractivity contribution in [3.8, 4) is 17.2 Å². The Kier molecular flexibility index (Phi) is 8.25. The van der Waals surface area contributed by atoms with Gasteiger partial charge in [0.25, 0.3) is 0 Å². The van der Waals surface area contributed by atoms with E-state index in [1.807, 2.05) is 43.3 Å². The van der Waals surface area contributed by atoms with E-state index in [0.717, 1.165) is 0 Å². The number of nitrogens with one attached hydrogen (secondary N) is 1. The Morgan fingerprint density at radius 3 is 2.50 bits per heavy atom. The first kappa shape index (κ1) is 22.9. The summed E-state index contributed by atoms with van der Waals surface area (Å²) in [4.78, 5) is 24.1. The maximum Gasteiger partial charge on any atom is 0.358 e. The van der Waals surface area contributed by atoms with Crippen molar-refractivity contribution >= 4 is 17.6 Å². The summed E-state index contributed by atoms with van der Waals surface area (Å²) < 4.78 is 17.8. The number of hydrogen-bond acceptors (Lipinski definition) is 6. The highest BCUT2D eigenvalue weighted by molar-refractivity contribution is 5.91. The van der Waals surface area contributed by atoms with Gasteiger partial charge in [0.15, 0.2) is 17.2 Å². The van der Waals surface area contributed by atoms with Crippen molar-refractivity contribution in [2.75, 3.05) is 25.1 Å². The highest BCUT2D eigenvalue weighted by Gasteiger charge is 2.11. The van der Waals surface area contributed by atoms with Gasteiger partial charge in [-0.05, 0) is 56.7 Å². The second-order valence-electron chi connectivity index (χ2n) is 6.80. The Hall–Kier alpha value is -3.81. The zero-order valence-corrected chi connectivity index (χ0v) is 18.2. The average Bonchev–Trinajstić information content (AvgIpc) is 3.29. The summed E-state index contributed by atoms with van der Waals surface area (Å²) in [7, 11) is 0. The zero-order chi connectivity index (χ0) is 22.8. The second kappa shape index (κ2) is 11.5. The first-order chi connectivity index (χ1) is 15.6. The Morgan fingerprint density at radius 1 is 0.969 bits per heavy atom. The molecule has 3 rings (SSSR count). The molecule has 3 aromatic rings. The van der Waals surface area contributed by atoms with E-state index in [9.17, 15) is 9.59 Å². The van der Waals surface area contributed by atoms with Crippen LogP contribution < -0.4 is 14.8 Å². The average molecular weight is 437 g/mol. The number of anilines is 1. The van der Waals surface area contributed by atoms with E-state index in [2.05, 4.69) is 10.4 Å². The molecule has 0 aliphatic rings. The summed E-state index contributed by atoms with van der Waals surface area (Å²) in [5.41, 5.74) is 1.59. The van der Waals surface area contributed by atoms with Crippen LogP contribution in [0.2, 0.25) is 0 Å². The smallest absolute Gasteiger partial charge is 0.358 e. The normalized spacial score (nSPS) is 10.4. The molecule has 8 nitrogen and oxygen atoms in total. The quantitative estimate of drug-likeness (QED) is 0.356. The third-order valence-corrected chi connectivity index (χ3v) is 4.42. The lowest BCUT2D eigenvalue weighted by atomic mass is 10.2. The van der Waals surface area contributed by atoms with Crippen molar-refractivity contribution in [3.05, 3.63) is 66.5 Å². The molecule has 8 heteroatoms. The molecule has 1 N–H and O–H groups in total. The number of hydrogen-bond donors (Lipinski definition) is 1. The highest BCUT2D eigenvalue weighted by atomic mass is 16.5. The number of benzene rings is 2. The van der Waals surface area contributed by atoms with E-state index < -0.39 is 5.97 Å². The summed E-state index contributed by atoms with van der Waals surface area (Å²) in [6, 6.07) is 16.3. The number of rotatable bonds is 11. The summed E-state index contributed by atoms with van der Waals surface area (Å²) >= 11 is 0. The molecule has 0 saturated heterocycles. The number of carbonyl (C=O) groups is 2. The summed E-state index contributed by atoms with van der Waals surface area (Å²) in [5.74, 6) is 0.781. The van der Waals surface area contributed by atoms with Crippen LogP contribution in [0.15, 0.2) is 60.8 Å². The fourth-order valence-electron chi connectivity index (χ4n) is 2.99. The van der Waals surface area contributed by atoms with Crippen molar-refractivity contribution < 1.29 is 23.8 Å². The summed E-state index contributed by atoms with van der Waals surface area (Å²) in [5, 5.41) is 7.11. The van der Waals surface area contributed by atoms with E-state index in [0.29, 0.717) is 48.9 Å². The number of amides is 1. The van der Waals surface area contributed by atoms with Crippen LogP contribution in [0.3, 0.4) is 0 Å². The van der Waals surface area contributed by atoms with Crippen molar-refractivity contribution in [1.29, 1.82) is 0 Å². The van der Waals surface area contributed by atoms with Gasteiger partial charge in [-0.3, -0.25) is 4.79 Å². The van der Waals surface area contributed by atoms with Crippen LogP contribution in [0.1, 0.15) is 37.2 Å². The molecular weight excluding hydrogens is 410 g/mol. The fraction of sp³-hybridized carbons (Fsp3) is 0.292. The molecule has 0 radical (unpaired) electrons. The SMILES string of the molecule is CCOC(=O)c1ccn(-c2cccc(NC(=O)CCCOc3ccccc3OCC)c2)n1. The highest BCUT2D eigenvalue weighted by Crippen LogP contribution is 2.26. The lowest BCUT2D eigenvalue weighted by Crippen LogP contribution is -2.13. The predicted molar refractivity (Wildman–Crippen MR) is 120 cm³/mol. The molecule has 168 valence electrons. The molecule has 0 bridgehead atoms. The third-order valence-electron chi connectivity index (χ3n) is 4.42. The van der Waals surface area contributed by atoms with Gasteiger partial charge >= 0.3 is 5.97 Å². The molecule has 0 aliphatic heterocycles. The molecule has 0 unspecified atom stereocenters. The standard InChI is InChI=1S/C24H27N3O5/c1-3-30-21-11-5-6-12-22(21)32-16-8-13-23(28)25-18-9-7-10-19(17-18)27-15-14-20(26-27)24(29)31-4-2/h5-7,9-12,14-15,17H,3-4,8,13,16H2,1-2H3,(H,25,28). The lowest BCUT2D eigenvalue weighted by molar-refractivity contribution is -0.116. The molecule has 1 heterocycles. The largest absolute Gasteiger partial charge is 0.490 e. The Bertz CT molecular complexity index is 1050. The Morgan fingerprint density at radius 2 is 1.75 bits per heavy atom. The summed E-state index contributed by atoms with van der Waals surface area (Å²) in [6.45, 7) is 4.91. The van der Waals surface area contributed by atoms with Gasteiger partial charge in [-0.2, -0.15) is 5.10 Å². The number of esters is 1. The first-order valence-corrected chi connectivity index (χ1v) is 10.6. The molecular formula is C24H27N3O5. The van der Waals surface area contributed by atoms with E-state index in [-0.39, 0.29) is 18.2 Å². The van der Waals surface area contributed by atoms with E-state index in [1.54, 1.807) is 36.0 Å². The fourth-order valence-corrected chi connectivity index (χ4v) is 2.99. The molecule has 0 atom stereocenters.